The summed E-state index contributed by atoms with van der Waals surface area (Å²) in [6, 6.07) is 9.55. The van der Waals surface area contributed by atoms with Crippen molar-refractivity contribution in [1.29, 1.82) is 0 Å². The van der Waals surface area contributed by atoms with Crippen molar-refractivity contribution in [2.45, 2.75) is 71.0 Å². The number of guanidine groups is 1. The third kappa shape index (κ3) is 6.68. The van der Waals surface area contributed by atoms with Crippen molar-refractivity contribution in [2.75, 3.05) is 19.6 Å². The van der Waals surface area contributed by atoms with Gasteiger partial charge in [0.05, 0.1) is 6.54 Å². The van der Waals surface area contributed by atoms with E-state index >= 15 is 0 Å². The highest BCUT2D eigenvalue weighted by molar-refractivity contribution is 14.0. The third-order valence-corrected chi connectivity index (χ3v) is 6.31. The van der Waals surface area contributed by atoms with Crippen molar-refractivity contribution >= 4 is 29.9 Å². The van der Waals surface area contributed by atoms with Crippen LogP contribution in [0.15, 0.2) is 39.9 Å². The molecule has 0 spiro atoms. The van der Waals surface area contributed by atoms with Gasteiger partial charge < -0.3 is 20.0 Å². The smallest absolute Gasteiger partial charge is 0.226 e. The minimum atomic E-state index is 0. The Kier molecular flexibility index (Phi) is 9.19. The van der Waals surface area contributed by atoms with Crippen molar-refractivity contribution in [3.63, 3.8) is 0 Å². The average molecular weight is 537 g/mol. The zero-order valence-electron chi connectivity index (χ0n) is 18.8. The number of hydrogen-bond acceptors (Lipinski definition) is 4. The first kappa shape index (κ1) is 24.0. The third-order valence-electron chi connectivity index (χ3n) is 6.31. The van der Waals surface area contributed by atoms with Gasteiger partial charge in [0.15, 0.2) is 5.96 Å². The van der Waals surface area contributed by atoms with Gasteiger partial charge in [0.1, 0.15) is 12.0 Å². The Labute approximate surface area is 203 Å². The summed E-state index contributed by atoms with van der Waals surface area (Å²) >= 11 is 0. The van der Waals surface area contributed by atoms with Gasteiger partial charge in [-0.1, -0.05) is 30.5 Å². The number of nitrogens with one attached hydrogen (secondary N) is 2. The summed E-state index contributed by atoms with van der Waals surface area (Å²) in [7, 11) is 0. The van der Waals surface area contributed by atoms with Crippen LogP contribution in [0.5, 0.6) is 0 Å². The van der Waals surface area contributed by atoms with Crippen LogP contribution in [0.2, 0.25) is 0 Å². The van der Waals surface area contributed by atoms with Crippen LogP contribution in [0.4, 0.5) is 0 Å². The molecule has 2 aromatic rings. The topological polar surface area (TPSA) is 65.7 Å². The number of aromatic nitrogens is 1. The molecular formula is C24H36IN5O. The number of rotatable bonds is 6. The maximum atomic E-state index is 5.67. The normalized spacial score (nSPS) is 18.7. The lowest BCUT2D eigenvalue weighted by atomic mass is 10.0. The molecule has 2 aliphatic rings. The van der Waals surface area contributed by atoms with E-state index < -0.39 is 0 Å². The monoisotopic (exact) mass is 537 g/mol. The van der Waals surface area contributed by atoms with E-state index in [2.05, 4.69) is 46.5 Å². The molecule has 2 heterocycles. The van der Waals surface area contributed by atoms with Crippen molar-refractivity contribution in [1.82, 2.24) is 20.5 Å². The molecule has 1 aliphatic carbocycles. The Morgan fingerprint density at radius 3 is 2.52 bits per heavy atom. The number of aliphatic imine (C=N–C) groups is 1. The number of aryl methyl sites for hydroxylation is 1. The van der Waals surface area contributed by atoms with Crippen LogP contribution >= 0.6 is 24.0 Å². The van der Waals surface area contributed by atoms with Gasteiger partial charge in [-0.15, -0.1) is 24.0 Å². The molecule has 1 aromatic heterocycles. The van der Waals surface area contributed by atoms with E-state index in [1.165, 1.54) is 57.2 Å². The maximum absolute atomic E-state index is 5.67. The molecular weight excluding hydrogens is 501 g/mol. The van der Waals surface area contributed by atoms with Crippen LogP contribution in [-0.4, -0.2) is 47.6 Å². The van der Waals surface area contributed by atoms with Gasteiger partial charge in [-0.3, -0.25) is 0 Å². The first-order valence-corrected chi connectivity index (χ1v) is 11.5. The van der Waals surface area contributed by atoms with Gasteiger partial charge in [0.25, 0.3) is 0 Å². The molecule has 0 bridgehead atoms. The number of piperidine rings is 1. The molecule has 1 aliphatic heterocycles. The van der Waals surface area contributed by atoms with Gasteiger partial charge in [-0.25, -0.2) is 9.98 Å². The molecule has 2 fully saturated rings. The maximum Gasteiger partial charge on any atom is 0.226 e. The Bertz CT molecular complexity index is 821. The molecule has 0 atom stereocenters. The number of nitrogens with zero attached hydrogens (tertiary/aromatic N) is 3. The summed E-state index contributed by atoms with van der Waals surface area (Å²) in [6.45, 7) is 7.93. The molecule has 1 saturated heterocycles. The van der Waals surface area contributed by atoms with E-state index in [1.807, 2.05) is 12.1 Å². The fourth-order valence-electron chi connectivity index (χ4n) is 4.56. The van der Waals surface area contributed by atoms with Crippen LogP contribution < -0.4 is 10.6 Å². The highest BCUT2D eigenvalue weighted by atomic mass is 127. The molecule has 1 saturated carbocycles. The van der Waals surface area contributed by atoms with Crippen molar-refractivity contribution < 1.29 is 4.42 Å². The zero-order valence-corrected chi connectivity index (χ0v) is 21.1. The predicted octanol–water partition coefficient (Wildman–Crippen LogP) is 4.73. The van der Waals surface area contributed by atoms with Crippen LogP contribution in [0.1, 0.15) is 56.7 Å². The Hall–Kier alpha value is -1.61. The van der Waals surface area contributed by atoms with E-state index in [1.54, 1.807) is 6.26 Å². The molecule has 1 aromatic carbocycles. The summed E-state index contributed by atoms with van der Waals surface area (Å²) in [5.41, 5.74) is 3.07. The molecule has 4 rings (SSSR count). The molecule has 170 valence electrons. The molecule has 7 heteroatoms. The summed E-state index contributed by atoms with van der Waals surface area (Å²) in [6.07, 6.45) is 9.68. The molecule has 2 N–H and O–H groups in total. The van der Waals surface area contributed by atoms with Gasteiger partial charge in [-0.2, -0.15) is 0 Å². The number of halogens is 1. The van der Waals surface area contributed by atoms with Crippen LogP contribution in [-0.2, 0) is 6.54 Å². The van der Waals surface area contributed by atoms with Gasteiger partial charge >= 0.3 is 0 Å². The fourth-order valence-corrected chi connectivity index (χ4v) is 4.56. The van der Waals surface area contributed by atoms with E-state index in [4.69, 9.17) is 9.41 Å². The van der Waals surface area contributed by atoms with Gasteiger partial charge in [0, 0.05) is 37.3 Å². The highest BCUT2D eigenvalue weighted by Gasteiger charge is 2.27. The van der Waals surface area contributed by atoms with E-state index in [-0.39, 0.29) is 24.0 Å². The Morgan fingerprint density at radius 1 is 1.13 bits per heavy atom. The van der Waals surface area contributed by atoms with Gasteiger partial charge in [0.2, 0.25) is 5.89 Å². The van der Waals surface area contributed by atoms with Crippen molar-refractivity contribution in [3.8, 4) is 11.5 Å². The lowest BCUT2D eigenvalue weighted by molar-refractivity contribution is 0.150. The van der Waals surface area contributed by atoms with Crippen molar-refractivity contribution in [3.05, 3.63) is 41.8 Å². The quantitative estimate of drug-likeness (QED) is 0.317. The molecule has 0 unspecified atom stereocenters. The second kappa shape index (κ2) is 11.9. The summed E-state index contributed by atoms with van der Waals surface area (Å²) in [5.74, 6) is 1.52. The van der Waals surface area contributed by atoms with E-state index in [0.29, 0.717) is 18.5 Å². The second-order valence-corrected chi connectivity index (χ2v) is 8.60. The number of hydrogen-bond donors (Lipinski definition) is 2. The van der Waals surface area contributed by atoms with Crippen LogP contribution in [0, 0.1) is 6.92 Å². The molecule has 0 radical (unpaired) electrons. The Balaban J connectivity index is 0.00000272. The van der Waals surface area contributed by atoms with Crippen molar-refractivity contribution in [2.24, 2.45) is 4.99 Å². The lowest BCUT2D eigenvalue weighted by Crippen LogP contribution is -2.50. The number of benzene rings is 1. The Morgan fingerprint density at radius 2 is 1.84 bits per heavy atom. The first-order chi connectivity index (χ1) is 14.7. The van der Waals surface area contributed by atoms with Crippen LogP contribution in [0.3, 0.4) is 0 Å². The highest BCUT2D eigenvalue weighted by Crippen LogP contribution is 2.26. The predicted molar refractivity (Wildman–Crippen MR) is 137 cm³/mol. The van der Waals surface area contributed by atoms with E-state index in [9.17, 15) is 0 Å². The molecule has 31 heavy (non-hydrogen) atoms. The largest absolute Gasteiger partial charge is 0.444 e. The number of oxazole rings is 1. The van der Waals surface area contributed by atoms with E-state index in [0.717, 1.165) is 29.8 Å². The fraction of sp³-hybridized carbons (Fsp3) is 0.583. The standard InChI is InChI=1S/C24H35N5O.HI/c1-3-25-24(28-20-12-14-29(15-13-20)22-6-4-5-7-22)26-16-21-17-30-23(27-21)19-10-8-18(2)9-11-19;/h8-11,17,20,22H,3-7,12-16H2,1-2H3,(H2,25,26,28);1H. The second-order valence-electron chi connectivity index (χ2n) is 8.60. The minimum Gasteiger partial charge on any atom is -0.444 e. The SMILES string of the molecule is CCNC(=NCc1coc(-c2ccc(C)cc2)n1)NC1CCN(C2CCCC2)CC1.I. The minimum absolute atomic E-state index is 0. The number of likely N-dealkylation sites (tertiary alicyclic amines) is 1. The summed E-state index contributed by atoms with van der Waals surface area (Å²) in [5, 5.41) is 7.01. The zero-order chi connectivity index (χ0) is 20.8. The molecule has 0 amide bonds. The molecule has 6 nitrogen and oxygen atoms in total. The average Bonchev–Trinajstić information content (AvgIpc) is 3.46. The first-order valence-electron chi connectivity index (χ1n) is 11.5. The summed E-state index contributed by atoms with van der Waals surface area (Å²) < 4.78 is 5.67. The lowest BCUT2D eigenvalue weighted by Gasteiger charge is -2.36. The van der Waals surface area contributed by atoms with Gasteiger partial charge in [-0.05, 0) is 51.7 Å². The summed E-state index contributed by atoms with van der Waals surface area (Å²) in [4.78, 5) is 12.1. The van der Waals surface area contributed by atoms with Crippen LogP contribution in [0.25, 0.3) is 11.5 Å².